The van der Waals surface area contributed by atoms with Crippen LogP contribution in [0.1, 0.15) is 19.3 Å². The van der Waals surface area contributed by atoms with Gasteiger partial charge in [0.1, 0.15) is 12.1 Å². The number of anilines is 2. The predicted molar refractivity (Wildman–Crippen MR) is 140 cm³/mol. The van der Waals surface area contributed by atoms with E-state index in [-0.39, 0.29) is 5.91 Å². The predicted octanol–water partition coefficient (Wildman–Crippen LogP) is 3.20. The van der Waals surface area contributed by atoms with Crippen LogP contribution in [-0.2, 0) is 9.53 Å². The minimum atomic E-state index is 0.254. The highest BCUT2D eigenvalue weighted by Gasteiger charge is 2.20. The third kappa shape index (κ3) is 4.63. The van der Waals surface area contributed by atoms with Gasteiger partial charge in [-0.15, -0.1) is 0 Å². The van der Waals surface area contributed by atoms with E-state index in [1.807, 2.05) is 39.2 Å². The smallest absolute Gasteiger partial charge is 0.222 e. The summed E-state index contributed by atoms with van der Waals surface area (Å²) in [6.45, 7) is 5.42. The number of rotatable bonds is 8. The number of carbonyl (C=O) groups excluding carboxylic acids is 1. The lowest BCUT2D eigenvalue weighted by Crippen LogP contribution is -2.36. The largest absolute Gasteiger partial charge is 0.378 e. The van der Waals surface area contributed by atoms with Crippen LogP contribution in [0.5, 0.6) is 0 Å². The van der Waals surface area contributed by atoms with Crippen molar-refractivity contribution in [3.05, 3.63) is 41.5 Å². The zero-order chi connectivity index (χ0) is 24.3. The van der Waals surface area contributed by atoms with Crippen LogP contribution in [0.2, 0.25) is 0 Å². The number of ether oxygens (including phenoxy) is 1. The highest BCUT2D eigenvalue weighted by molar-refractivity contribution is 7.08. The van der Waals surface area contributed by atoms with Gasteiger partial charge >= 0.3 is 0 Å². The fraction of sp³-hybridized carbons (Fsp3) is 0.400. The van der Waals surface area contributed by atoms with E-state index in [0.29, 0.717) is 24.6 Å². The number of morpholine rings is 1. The molecule has 2 aliphatic rings. The molecular weight excluding hydrogens is 476 g/mol. The van der Waals surface area contributed by atoms with E-state index in [1.165, 1.54) is 0 Å². The molecule has 2 saturated heterocycles. The van der Waals surface area contributed by atoms with Gasteiger partial charge in [0.25, 0.3) is 0 Å². The summed E-state index contributed by atoms with van der Waals surface area (Å²) in [6, 6.07) is 6.09. The van der Waals surface area contributed by atoms with E-state index in [4.69, 9.17) is 14.7 Å². The molecule has 0 bridgehead atoms. The summed E-state index contributed by atoms with van der Waals surface area (Å²) in [5.41, 5.74) is 3.33. The van der Waals surface area contributed by atoms with Gasteiger partial charge in [0.15, 0.2) is 22.8 Å². The molecule has 2 fully saturated rings. The van der Waals surface area contributed by atoms with Gasteiger partial charge in [0.2, 0.25) is 5.91 Å². The summed E-state index contributed by atoms with van der Waals surface area (Å²) in [7, 11) is 0. The number of hydrogen-bond donors (Lipinski definition) is 1. The fourth-order valence-electron chi connectivity index (χ4n) is 4.65. The highest BCUT2D eigenvalue weighted by Crippen LogP contribution is 2.27. The molecule has 6 heterocycles. The molecule has 4 aromatic heterocycles. The molecule has 0 aromatic carbocycles. The Morgan fingerprint density at radius 3 is 2.75 bits per heavy atom. The lowest BCUT2D eigenvalue weighted by atomic mass is 10.2. The molecule has 2 aliphatic heterocycles. The van der Waals surface area contributed by atoms with Crippen LogP contribution in [0.25, 0.3) is 28.2 Å². The van der Waals surface area contributed by atoms with Crippen LogP contribution in [-0.4, -0.2) is 81.2 Å². The average Bonchev–Trinajstić information content (AvgIpc) is 3.68. The first-order valence-corrected chi connectivity index (χ1v) is 13.3. The molecule has 10 nitrogen and oxygen atoms in total. The van der Waals surface area contributed by atoms with Gasteiger partial charge < -0.3 is 19.9 Å². The van der Waals surface area contributed by atoms with Gasteiger partial charge in [-0.05, 0) is 36.4 Å². The maximum Gasteiger partial charge on any atom is 0.222 e. The van der Waals surface area contributed by atoms with Crippen molar-refractivity contribution in [2.75, 3.05) is 56.2 Å². The number of hydrogen-bond acceptors (Lipinski definition) is 9. The lowest BCUT2D eigenvalue weighted by Gasteiger charge is -2.27. The molecule has 0 radical (unpaired) electrons. The van der Waals surface area contributed by atoms with Crippen LogP contribution in [0.4, 0.5) is 11.6 Å². The van der Waals surface area contributed by atoms with Crippen molar-refractivity contribution in [3.8, 4) is 17.1 Å². The SMILES string of the molecule is O=C1CCCN1CCCNc1nc(-c2ccc(N3CCOCC3)nc2)nc2c1ncn2-c1ccsc1. The second-order valence-corrected chi connectivity index (χ2v) is 9.71. The van der Waals surface area contributed by atoms with E-state index in [0.717, 1.165) is 80.5 Å². The molecular formula is C25H28N8O2S. The standard InChI is InChI=1S/C25H28N8O2S/c34-21-3-1-8-32(21)9-2-7-26-24-22-25(33(17-28-22)19-6-14-36-16-19)30-23(29-24)18-4-5-20(27-15-18)31-10-12-35-13-11-31/h4-6,14-17H,1-3,7-13H2,(H,26,29,30). The monoisotopic (exact) mass is 504 g/mol. The van der Waals surface area contributed by atoms with Crippen molar-refractivity contribution >= 4 is 40.0 Å². The summed E-state index contributed by atoms with van der Waals surface area (Å²) < 4.78 is 7.44. The molecule has 1 N–H and O–H groups in total. The minimum Gasteiger partial charge on any atom is -0.378 e. The quantitative estimate of drug-likeness (QED) is 0.365. The highest BCUT2D eigenvalue weighted by atomic mass is 32.1. The Morgan fingerprint density at radius 1 is 1.08 bits per heavy atom. The Bertz CT molecular complexity index is 1330. The molecule has 0 aliphatic carbocycles. The Morgan fingerprint density at radius 2 is 2.00 bits per heavy atom. The number of carbonyl (C=O) groups is 1. The summed E-state index contributed by atoms with van der Waals surface area (Å²) in [4.78, 5) is 35.1. The normalized spacial score (nSPS) is 16.3. The van der Waals surface area contributed by atoms with Crippen LogP contribution in [0.3, 0.4) is 0 Å². The van der Waals surface area contributed by atoms with Crippen LogP contribution < -0.4 is 10.2 Å². The first kappa shape index (κ1) is 22.9. The summed E-state index contributed by atoms with van der Waals surface area (Å²) in [5.74, 6) is 2.47. The van der Waals surface area contributed by atoms with E-state index in [2.05, 4.69) is 25.6 Å². The van der Waals surface area contributed by atoms with Crippen molar-refractivity contribution in [2.45, 2.75) is 19.3 Å². The molecule has 0 saturated carbocycles. The number of amides is 1. The Balaban J connectivity index is 1.28. The first-order chi connectivity index (χ1) is 17.8. The second kappa shape index (κ2) is 10.2. The second-order valence-electron chi connectivity index (χ2n) is 8.93. The Hall–Kier alpha value is -3.57. The van der Waals surface area contributed by atoms with Crippen LogP contribution in [0, 0.1) is 0 Å². The van der Waals surface area contributed by atoms with E-state index >= 15 is 0 Å². The zero-order valence-corrected chi connectivity index (χ0v) is 20.8. The number of thiophene rings is 1. The topological polar surface area (TPSA) is 101 Å². The summed E-state index contributed by atoms with van der Waals surface area (Å²) in [6.07, 6.45) is 6.09. The van der Waals surface area contributed by atoms with E-state index in [1.54, 1.807) is 17.7 Å². The Labute approximate surface area is 213 Å². The van der Waals surface area contributed by atoms with Gasteiger partial charge in [-0.3, -0.25) is 9.36 Å². The summed E-state index contributed by atoms with van der Waals surface area (Å²) in [5, 5.41) is 7.56. The van der Waals surface area contributed by atoms with Gasteiger partial charge in [-0.1, -0.05) is 0 Å². The van der Waals surface area contributed by atoms with Crippen molar-refractivity contribution in [2.24, 2.45) is 0 Å². The Kier molecular flexibility index (Phi) is 6.48. The van der Waals surface area contributed by atoms with Crippen molar-refractivity contribution in [1.29, 1.82) is 0 Å². The van der Waals surface area contributed by atoms with Gasteiger partial charge in [0, 0.05) is 56.3 Å². The first-order valence-electron chi connectivity index (χ1n) is 12.3. The van der Waals surface area contributed by atoms with Crippen molar-refractivity contribution in [1.82, 2.24) is 29.4 Å². The van der Waals surface area contributed by atoms with Crippen molar-refractivity contribution < 1.29 is 9.53 Å². The number of fused-ring (bicyclic) bond motifs is 1. The summed E-state index contributed by atoms with van der Waals surface area (Å²) >= 11 is 1.63. The molecule has 0 atom stereocenters. The fourth-order valence-corrected chi connectivity index (χ4v) is 5.28. The number of pyridine rings is 1. The average molecular weight is 505 g/mol. The van der Waals surface area contributed by atoms with E-state index < -0.39 is 0 Å². The number of imidazole rings is 1. The third-order valence-corrected chi connectivity index (χ3v) is 7.26. The van der Waals surface area contributed by atoms with Crippen molar-refractivity contribution in [3.63, 3.8) is 0 Å². The number of nitrogens with one attached hydrogen (secondary N) is 1. The molecule has 36 heavy (non-hydrogen) atoms. The lowest BCUT2D eigenvalue weighted by molar-refractivity contribution is -0.127. The molecule has 4 aromatic rings. The number of nitrogens with zero attached hydrogens (tertiary/aromatic N) is 7. The maximum absolute atomic E-state index is 11.9. The molecule has 0 unspecified atom stereocenters. The van der Waals surface area contributed by atoms with Crippen LogP contribution >= 0.6 is 11.3 Å². The minimum absolute atomic E-state index is 0.254. The molecule has 11 heteroatoms. The van der Waals surface area contributed by atoms with Gasteiger partial charge in [0.05, 0.1) is 18.9 Å². The number of aromatic nitrogens is 5. The molecule has 1 amide bonds. The van der Waals surface area contributed by atoms with Gasteiger partial charge in [-0.2, -0.15) is 11.3 Å². The zero-order valence-electron chi connectivity index (χ0n) is 20.0. The van der Waals surface area contributed by atoms with Crippen LogP contribution in [0.15, 0.2) is 41.5 Å². The molecule has 0 spiro atoms. The number of likely N-dealkylation sites (tertiary alicyclic amines) is 1. The maximum atomic E-state index is 11.9. The van der Waals surface area contributed by atoms with Gasteiger partial charge in [-0.25, -0.2) is 19.9 Å². The molecule has 186 valence electrons. The van der Waals surface area contributed by atoms with E-state index in [9.17, 15) is 4.79 Å². The third-order valence-electron chi connectivity index (χ3n) is 6.59. The molecule has 6 rings (SSSR count).